The van der Waals surface area contributed by atoms with Crippen molar-refractivity contribution >= 4 is 0 Å². The fraction of sp³-hybridized carbons (Fsp3) is 1.00. The predicted octanol–water partition coefficient (Wildman–Crippen LogP) is 5.74. The Bertz CT molecular complexity index is 280. The molecule has 2 atom stereocenters. The Kier molecular flexibility index (Phi) is 6.36. The van der Waals surface area contributed by atoms with E-state index < -0.39 is 0 Å². The lowest BCUT2D eigenvalue weighted by Crippen LogP contribution is -2.37. The number of nitrogens with zero attached hydrogens (tertiary/aromatic N) is 1. The maximum absolute atomic E-state index is 2.52. The van der Waals surface area contributed by atoms with Crippen LogP contribution in [0, 0.1) is 22.7 Å². The number of likely N-dealkylation sites (tertiary alicyclic amines) is 1. The van der Waals surface area contributed by atoms with Crippen molar-refractivity contribution < 1.29 is 4.48 Å². The molecule has 0 aromatic rings. The maximum atomic E-state index is 2.52. The first kappa shape index (κ1) is 19.0. The van der Waals surface area contributed by atoms with E-state index in [1.807, 2.05) is 0 Å². The summed E-state index contributed by atoms with van der Waals surface area (Å²) in [6.45, 7) is 17.4. The normalized spacial score (nSPS) is 26.3. The van der Waals surface area contributed by atoms with Crippen LogP contribution in [0.5, 0.6) is 0 Å². The molecule has 0 bridgehead atoms. The summed E-state index contributed by atoms with van der Waals surface area (Å²) in [4.78, 5) is 0. The molecule has 1 aliphatic heterocycles. The van der Waals surface area contributed by atoms with Crippen LogP contribution in [0.4, 0.5) is 0 Å². The maximum Gasteiger partial charge on any atom is 0.0816 e. The molecule has 0 radical (unpaired) electrons. The Balaban J connectivity index is 2.84. The van der Waals surface area contributed by atoms with Crippen molar-refractivity contribution in [2.45, 2.75) is 80.1 Å². The van der Waals surface area contributed by atoms with Crippen LogP contribution in [0.25, 0.3) is 0 Å². The monoisotopic (exact) mass is 296 g/mol. The fourth-order valence-corrected chi connectivity index (χ4v) is 4.45. The van der Waals surface area contributed by atoms with Gasteiger partial charge in [-0.15, -0.1) is 0 Å². The molecule has 1 aliphatic rings. The van der Waals surface area contributed by atoms with E-state index in [9.17, 15) is 0 Å². The van der Waals surface area contributed by atoms with E-state index in [1.54, 1.807) is 0 Å². The Morgan fingerprint density at radius 1 is 0.714 bits per heavy atom. The molecule has 2 unspecified atom stereocenters. The van der Waals surface area contributed by atoms with Crippen LogP contribution in [0.1, 0.15) is 80.1 Å². The lowest BCUT2D eigenvalue weighted by atomic mass is 9.69. The molecule has 0 N–H and O–H groups in total. The second-order valence-electron chi connectivity index (χ2n) is 9.26. The zero-order valence-corrected chi connectivity index (χ0v) is 16.3. The fourth-order valence-electron chi connectivity index (χ4n) is 4.45. The zero-order chi connectivity index (χ0) is 16.3. The Hall–Kier alpha value is -0.0400. The van der Waals surface area contributed by atoms with Crippen LogP contribution in [0.15, 0.2) is 0 Å². The van der Waals surface area contributed by atoms with Crippen LogP contribution in [-0.2, 0) is 0 Å². The molecule has 1 heterocycles. The van der Waals surface area contributed by atoms with Crippen molar-refractivity contribution in [2.75, 3.05) is 27.2 Å². The third kappa shape index (κ3) is 4.98. The highest BCUT2D eigenvalue weighted by Crippen LogP contribution is 2.45. The molecule has 0 aliphatic carbocycles. The van der Waals surface area contributed by atoms with Gasteiger partial charge in [0.1, 0.15) is 0 Å². The van der Waals surface area contributed by atoms with Crippen LogP contribution < -0.4 is 0 Å². The third-order valence-electron chi connectivity index (χ3n) is 7.05. The van der Waals surface area contributed by atoms with Gasteiger partial charge in [-0.05, 0) is 23.7 Å². The minimum Gasteiger partial charge on any atom is -0.328 e. The summed E-state index contributed by atoms with van der Waals surface area (Å²) in [5.41, 5.74) is 1.12. The highest BCUT2D eigenvalue weighted by molar-refractivity contribution is 4.86. The Morgan fingerprint density at radius 2 is 1.00 bits per heavy atom. The van der Waals surface area contributed by atoms with E-state index in [4.69, 9.17) is 0 Å². The second kappa shape index (κ2) is 7.02. The molecule has 1 saturated heterocycles. The van der Waals surface area contributed by atoms with Crippen LogP contribution >= 0.6 is 0 Å². The molecule has 0 aromatic carbocycles. The summed E-state index contributed by atoms with van der Waals surface area (Å²) >= 11 is 0. The number of hydrogen-bond donors (Lipinski definition) is 0. The van der Waals surface area contributed by atoms with Gasteiger partial charge in [0.15, 0.2) is 0 Å². The van der Waals surface area contributed by atoms with E-state index >= 15 is 0 Å². The van der Waals surface area contributed by atoms with Crippen LogP contribution in [-0.4, -0.2) is 31.7 Å². The number of rotatable bonds is 8. The molecule has 1 heteroatoms. The van der Waals surface area contributed by atoms with Gasteiger partial charge in [-0.2, -0.15) is 0 Å². The lowest BCUT2D eigenvalue weighted by molar-refractivity contribution is -0.880. The number of quaternary nitrogens is 1. The number of hydrogen-bond acceptors (Lipinski definition) is 0. The van der Waals surface area contributed by atoms with Crippen molar-refractivity contribution in [1.29, 1.82) is 0 Å². The van der Waals surface area contributed by atoms with Gasteiger partial charge < -0.3 is 4.48 Å². The third-order valence-corrected chi connectivity index (χ3v) is 7.05. The first-order valence-corrected chi connectivity index (χ1v) is 9.44. The van der Waals surface area contributed by atoms with Gasteiger partial charge in [0.25, 0.3) is 0 Å². The van der Waals surface area contributed by atoms with Gasteiger partial charge in [-0.25, -0.2) is 0 Å². The standard InChI is InChI=1S/C20H42N/c1-9-19(5,10-2)13-17-15-21(7,8)16-18(17)14-20(6,11-3)12-4/h17-18H,9-16H2,1-8H3/q+1. The van der Waals surface area contributed by atoms with Crippen molar-refractivity contribution in [3.8, 4) is 0 Å². The molecule has 0 spiro atoms. The molecule has 21 heavy (non-hydrogen) atoms. The Morgan fingerprint density at radius 3 is 1.24 bits per heavy atom. The van der Waals surface area contributed by atoms with E-state index in [2.05, 4.69) is 55.6 Å². The molecule has 0 aromatic heterocycles. The molecular weight excluding hydrogens is 254 g/mol. The topological polar surface area (TPSA) is 0 Å². The highest BCUT2D eigenvalue weighted by atomic mass is 15.3. The smallest absolute Gasteiger partial charge is 0.0816 e. The summed E-state index contributed by atoms with van der Waals surface area (Å²) in [7, 11) is 4.88. The summed E-state index contributed by atoms with van der Waals surface area (Å²) < 4.78 is 1.24. The van der Waals surface area contributed by atoms with Gasteiger partial charge in [-0.3, -0.25) is 0 Å². The van der Waals surface area contributed by atoms with Crippen molar-refractivity contribution in [3.05, 3.63) is 0 Å². The first-order valence-electron chi connectivity index (χ1n) is 9.44. The zero-order valence-electron chi connectivity index (χ0n) is 16.3. The predicted molar refractivity (Wildman–Crippen MR) is 95.4 cm³/mol. The second-order valence-corrected chi connectivity index (χ2v) is 9.26. The molecule has 1 fully saturated rings. The summed E-state index contributed by atoms with van der Waals surface area (Å²) in [5.74, 6) is 1.87. The van der Waals surface area contributed by atoms with Gasteiger partial charge in [0.05, 0.1) is 27.2 Å². The molecule has 0 amide bonds. The summed E-state index contributed by atoms with van der Waals surface area (Å²) in [5, 5.41) is 0. The van der Waals surface area contributed by atoms with E-state index in [1.165, 1.54) is 56.1 Å². The molecular formula is C20H42N+. The first-order chi connectivity index (χ1) is 9.62. The van der Waals surface area contributed by atoms with Gasteiger partial charge in [0.2, 0.25) is 0 Å². The highest BCUT2D eigenvalue weighted by Gasteiger charge is 2.44. The largest absolute Gasteiger partial charge is 0.328 e. The van der Waals surface area contributed by atoms with Gasteiger partial charge >= 0.3 is 0 Å². The molecule has 1 nitrogen and oxygen atoms in total. The average molecular weight is 297 g/mol. The van der Waals surface area contributed by atoms with E-state index in [0.29, 0.717) is 10.8 Å². The van der Waals surface area contributed by atoms with E-state index in [-0.39, 0.29) is 0 Å². The van der Waals surface area contributed by atoms with Crippen molar-refractivity contribution in [3.63, 3.8) is 0 Å². The SMILES string of the molecule is CCC(C)(CC)CC1C[N+](C)(C)CC1CC(C)(CC)CC. The minimum atomic E-state index is 0.558. The van der Waals surface area contributed by atoms with Crippen molar-refractivity contribution in [2.24, 2.45) is 22.7 Å². The Labute approximate surface area is 135 Å². The van der Waals surface area contributed by atoms with Gasteiger partial charge in [-0.1, -0.05) is 67.2 Å². The molecule has 1 rings (SSSR count). The quantitative estimate of drug-likeness (QED) is 0.501. The van der Waals surface area contributed by atoms with Crippen LogP contribution in [0.2, 0.25) is 0 Å². The molecule has 0 saturated carbocycles. The van der Waals surface area contributed by atoms with Crippen molar-refractivity contribution in [1.82, 2.24) is 0 Å². The minimum absolute atomic E-state index is 0.558. The van der Waals surface area contributed by atoms with Gasteiger partial charge in [0, 0.05) is 11.8 Å². The summed E-state index contributed by atoms with van der Waals surface area (Å²) in [6.07, 6.45) is 8.21. The van der Waals surface area contributed by atoms with E-state index in [0.717, 1.165) is 11.8 Å². The summed E-state index contributed by atoms with van der Waals surface area (Å²) in [6, 6.07) is 0. The van der Waals surface area contributed by atoms with Crippen LogP contribution in [0.3, 0.4) is 0 Å². The molecule has 126 valence electrons. The average Bonchev–Trinajstić information content (AvgIpc) is 2.72. The lowest BCUT2D eigenvalue weighted by Gasteiger charge is -2.34.